The zero-order valence-electron chi connectivity index (χ0n) is 16.7. The number of hydrogen-bond acceptors (Lipinski definition) is 4. The van der Waals surface area contributed by atoms with Crippen molar-refractivity contribution in [1.82, 2.24) is 4.90 Å². The van der Waals surface area contributed by atoms with Crippen LogP contribution in [-0.2, 0) is 16.9 Å². The van der Waals surface area contributed by atoms with Crippen molar-refractivity contribution in [3.05, 3.63) is 70.8 Å². The lowest BCUT2D eigenvalue weighted by Gasteiger charge is -2.51. The average molecular weight is 390 g/mol. The van der Waals surface area contributed by atoms with Gasteiger partial charge in [-0.05, 0) is 55.0 Å². The summed E-state index contributed by atoms with van der Waals surface area (Å²) < 4.78 is 5.60. The molecule has 0 radical (unpaired) electrons. The van der Waals surface area contributed by atoms with E-state index in [0.717, 1.165) is 36.0 Å². The van der Waals surface area contributed by atoms with E-state index in [9.17, 15) is 9.90 Å². The van der Waals surface area contributed by atoms with Crippen molar-refractivity contribution >= 4 is 6.09 Å². The first kappa shape index (κ1) is 19.5. The number of benzene rings is 2. The minimum atomic E-state index is -0.982. The van der Waals surface area contributed by atoms with Gasteiger partial charge in [-0.3, -0.25) is 0 Å². The summed E-state index contributed by atoms with van der Waals surface area (Å²) in [6.07, 6.45) is 3.50. The number of hydrogen-bond donors (Lipinski definition) is 1. The van der Waals surface area contributed by atoms with Crippen molar-refractivity contribution in [3.8, 4) is 6.07 Å². The maximum atomic E-state index is 12.9. The zero-order valence-corrected chi connectivity index (χ0v) is 16.7. The molecule has 2 aromatic rings. The fraction of sp³-hybridized carbons (Fsp3) is 0.417. The van der Waals surface area contributed by atoms with Crippen molar-refractivity contribution in [2.45, 2.75) is 63.3 Å². The number of piperidine rings is 2. The summed E-state index contributed by atoms with van der Waals surface area (Å²) in [6, 6.07) is 17.2. The Balaban J connectivity index is 1.51. The smallest absolute Gasteiger partial charge is 0.410 e. The minimum Gasteiger partial charge on any atom is -0.445 e. The molecule has 0 aliphatic carbocycles. The van der Waals surface area contributed by atoms with E-state index >= 15 is 0 Å². The van der Waals surface area contributed by atoms with Crippen molar-refractivity contribution in [2.24, 2.45) is 0 Å². The highest BCUT2D eigenvalue weighted by Gasteiger charge is 2.49. The summed E-state index contributed by atoms with van der Waals surface area (Å²) in [7, 11) is 0. The molecule has 2 saturated heterocycles. The number of aliphatic hydroxyl groups is 1. The summed E-state index contributed by atoms with van der Waals surface area (Å²) in [5.41, 5.74) is 2.37. The van der Waals surface area contributed by atoms with Gasteiger partial charge in [0.05, 0.1) is 17.2 Å². The quantitative estimate of drug-likeness (QED) is 0.843. The topological polar surface area (TPSA) is 73.6 Å². The van der Waals surface area contributed by atoms with E-state index in [1.54, 1.807) is 6.07 Å². The summed E-state index contributed by atoms with van der Waals surface area (Å²) in [4.78, 5) is 14.7. The van der Waals surface area contributed by atoms with Crippen LogP contribution >= 0.6 is 0 Å². The normalized spacial score (nSPS) is 25.9. The van der Waals surface area contributed by atoms with E-state index < -0.39 is 5.60 Å². The molecule has 150 valence electrons. The molecule has 1 amide bonds. The van der Waals surface area contributed by atoms with Crippen LogP contribution in [0.3, 0.4) is 0 Å². The molecular weight excluding hydrogens is 364 g/mol. The summed E-state index contributed by atoms with van der Waals surface area (Å²) in [6.45, 7) is 2.19. The van der Waals surface area contributed by atoms with Gasteiger partial charge in [-0.15, -0.1) is 0 Å². The number of amides is 1. The monoisotopic (exact) mass is 390 g/mol. The van der Waals surface area contributed by atoms with Crippen LogP contribution in [0.5, 0.6) is 0 Å². The molecule has 0 aromatic heterocycles. The Morgan fingerprint density at radius 3 is 2.52 bits per heavy atom. The van der Waals surface area contributed by atoms with E-state index in [4.69, 9.17) is 10.00 Å². The van der Waals surface area contributed by atoms with Gasteiger partial charge in [0.2, 0.25) is 0 Å². The second-order valence-corrected chi connectivity index (χ2v) is 8.27. The molecule has 2 bridgehead atoms. The molecular formula is C24H26N2O3. The number of ether oxygens (including phenoxy) is 1. The summed E-state index contributed by atoms with van der Waals surface area (Å²) in [5, 5.41) is 20.7. The molecule has 2 atom stereocenters. The number of carbonyl (C=O) groups is 1. The highest BCUT2D eigenvalue weighted by molar-refractivity contribution is 5.69. The lowest BCUT2D eigenvalue weighted by atomic mass is 9.71. The predicted octanol–water partition coefficient (Wildman–Crippen LogP) is 4.41. The van der Waals surface area contributed by atoms with Gasteiger partial charge in [-0.25, -0.2) is 4.79 Å². The number of nitrogens with zero attached hydrogens (tertiary/aromatic N) is 2. The first-order valence-corrected chi connectivity index (χ1v) is 10.2. The van der Waals surface area contributed by atoms with E-state index in [-0.39, 0.29) is 24.8 Å². The van der Waals surface area contributed by atoms with Gasteiger partial charge in [0.25, 0.3) is 0 Å². The largest absolute Gasteiger partial charge is 0.445 e. The Bertz CT molecular complexity index is 921. The Morgan fingerprint density at radius 1 is 1.21 bits per heavy atom. The van der Waals surface area contributed by atoms with Crippen LogP contribution in [0, 0.1) is 18.3 Å². The van der Waals surface area contributed by atoms with Crippen molar-refractivity contribution in [2.75, 3.05) is 0 Å². The van der Waals surface area contributed by atoms with Crippen LogP contribution in [0.15, 0.2) is 48.5 Å². The van der Waals surface area contributed by atoms with Gasteiger partial charge in [-0.2, -0.15) is 5.26 Å². The zero-order chi connectivity index (χ0) is 20.4. The summed E-state index contributed by atoms with van der Waals surface area (Å²) in [5.74, 6) is 0. The fourth-order valence-corrected chi connectivity index (χ4v) is 5.00. The molecule has 2 aliphatic rings. The molecule has 2 aromatic carbocycles. The Hall–Kier alpha value is -2.84. The fourth-order valence-electron chi connectivity index (χ4n) is 5.00. The molecule has 1 N–H and O–H groups in total. The van der Waals surface area contributed by atoms with Gasteiger partial charge in [-0.1, -0.05) is 36.4 Å². The third-order valence-electron chi connectivity index (χ3n) is 6.28. The molecule has 2 heterocycles. The average Bonchev–Trinajstić information content (AvgIpc) is 2.72. The molecule has 0 spiro atoms. The number of nitriles is 1. The molecule has 5 heteroatoms. The molecule has 29 heavy (non-hydrogen) atoms. The van der Waals surface area contributed by atoms with Crippen LogP contribution in [0.25, 0.3) is 0 Å². The molecule has 2 unspecified atom stereocenters. The van der Waals surface area contributed by atoms with Gasteiger partial charge >= 0.3 is 6.09 Å². The number of rotatable bonds is 3. The van der Waals surface area contributed by atoms with Gasteiger partial charge in [0.1, 0.15) is 6.61 Å². The first-order chi connectivity index (χ1) is 14.0. The molecule has 5 nitrogen and oxygen atoms in total. The lowest BCUT2D eigenvalue weighted by molar-refractivity contribution is -0.0899. The Kier molecular flexibility index (Phi) is 5.29. The van der Waals surface area contributed by atoms with Crippen LogP contribution < -0.4 is 0 Å². The second-order valence-electron chi connectivity index (χ2n) is 8.27. The van der Waals surface area contributed by atoms with Crippen molar-refractivity contribution < 1.29 is 14.6 Å². The van der Waals surface area contributed by atoms with Gasteiger partial charge in [0.15, 0.2) is 0 Å². The third kappa shape index (κ3) is 3.86. The standard InChI is InChI=1S/C24H26N2O3/c1-17-12-19(15-25)10-11-22(17)24(28)13-20-8-5-9-21(14-24)26(20)23(27)29-16-18-6-3-2-4-7-18/h2-4,6-7,10-12,20-21,28H,5,8-9,13-14,16H2,1H3. The first-order valence-electron chi connectivity index (χ1n) is 10.2. The van der Waals surface area contributed by atoms with Crippen molar-refractivity contribution in [3.63, 3.8) is 0 Å². The number of fused-ring (bicyclic) bond motifs is 2. The molecule has 2 fully saturated rings. The van der Waals surface area contributed by atoms with Crippen LogP contribution in [0.4, 0.5) is 4.79 Å². The highest BCUT2D eigenvalue weighted by Crippen LogP contribution is 2.45. The van der Waals surface area contributed by atoms with E-state index in [1.807, 2.05) is 54.3 Å². The van der Waals surface area contributed by atoms with Gasteiger partial charge in [0, 0.05) is 24.9 Å². The second kappa shape index (κ2) is 7.88. The Morgan fingerprint density at radius 2 is 1.90 bits per heavy atom. The minimum absolute atomic E-state index is 0.0363. The van der Waals surface area contributed by atoms with Crippen LogP contribution in [0.1, 0.15) is 54.4 Å². The number of carbonyl (C=O) groups excluding carboxylic acids is 1. The Labute approximate surface area is 171 Å². The third-order valence-corrected chi connectivity index (χ3v) is 6.28. The predicted molar refractivity (Wildman–Crippen MR) is 109 cm³/mol. The molecule has 4 rings (SSSR count). The van der Waals surface area contributed by atoms with E-state index in [2.05, 4.69) is 6.07 Å². The summed E-state index contributed by atoms with van der Waals surface area (Å²) >= 11 is 0. The lowest BCUT2D eigenvalue weighted by Crippen LogP contribution is -2.59. The maximum Gasteiger partial charge on any atom is 0.410 e. The molecule has 2 aliphatic heterocycles. The van der Waals surface area contributed by atoms with Crippen LogP contribution in [-0.4, -0.2) is 28.2 Å². The van der Waals surface area contributed by atoms with Crippen molar-refractivity contribution in [1.29, 1.82) is 5.26 Å². The van der Waals surface area contributed by atoms with Gasteiger partial charge < -0.3 is 14.7 Å². The molecule has 0 saturated carbocycles. The highest BCUT2D eigenvalue weighted by atomic mass is 16.6. The van der Waals surface area contributed by atoms with Crippen LogP contribution in [0.2, 0.25) is 0 Å². The van der Waals surface area contributed by atoms with E-state index in [1.165, 1.54) is 0 Å². The number of aryl methyl sites for hydroxylation is 1. The SMILES string of the molecule is Cc1cc(C#N)ccc1C1(O)CC2CCCC(C1)N2C(=O)OCc1ccccc1. The maximum absolute atomic E-state index is 12.9. The van der Waals surface area contributed by atoms with E-state index in [0.29, 0.717) is 18.4 Å².